The van der Waals surface area contributed by atoms with Gasteiger partial charge in [0.05, 0.1) is 5.02 Å². The Morgan fingerprint density at radius 1 is 1.42 bits per heavy atom. The quantitative estimate of drug-likeness (QED) is 0.644. The van der Waals surface area contributed by atoms with Crippen molar-refractivity contribution in [2.75, 3.05) is 5.73 Å². The molecule has 2 aromatic rings. The van der Waals surface area contributed by atoms with E-state index in [0.717, 1.165) is 25.7 Å². The molecule has 1 aromatic heterocycles. The number of hydrogen-bond acceptors (Lipinski definition) is 2. The standard InChI is InChI=1S/C9H8ClNS/c1-5-9(10)8-6(11)3-2-4-7(8)12-5/h2-4H,11H2,1H3. The highest BCUT2D eigenvalue weighted by molar-refractivity contribution is 7.19. The molecule has 0 atom stereocenters. The fourth-order valence-corrected chi connectivity index (χ4v) is 2.63. The summed E-state index contributed by atoms with van der Waals surface area (Å²) in [5, 5.41) is 1.80. The van der Waals surface area contributed by atoms with Crippen LogP contribution in [-0.4, -0.2) is 0 Å². The molecule has 0 amide bonds. The molecular weight excluding hydrogens is 190 g/mol. The van der Waals surface area contributed by atoms with Crippen LogP contribution in [-0.2, 0) is 0 Å². The summed E-state index contributed by atoms with van der Waals surface area (Å²) in [4.78, 5) is 1.13. The molecular formula is C9H8ClNS. The molecule has 0 radical (unpaired) electrons. The summed E-state index contributed by atoms with van der Waals surface area (Å²) >= 11 is 7.76. The van der Waals surface area contributed by atoms with E-state index >= 15 is 0 Å². The highest BCUT2D eigenvalue weighted by Crippen LogP contribution is 2.37. The van der Waals surface area contributed by atoms with Gasteiger partial charge in [-0.25, -0.2) is 0 Å². The highest BCUT2D eigenvalue weighted by Gasteiger charge is 2.08. The van der Waals surface area contributed by atoms with E-state index in [9.17, 15) is 0 Å². The van der Waals surface area contributed by atoms with Crippen molar-refractivity contribution in [3.63, 3.8) is 0 Å². The van der Waals surface area contributed by atoms with Crippen LogP contribution in [0.4, 0.5) is 5.69 Å². The average molecular weight is 198 g/mol. The molecule has 0 fully saturated rings. The van der Waals surface area contributed by atoms with Crippen molar-refractivity contribution in [1.29, 1.82) is 0 Å². The highest BCUT2D eigenvalue weighted by atomic mass is 35.5. The van der Waals surface area contributed by atoms with Gasteiger partial charge in [0.15, 0.2) is 0 Å². The molecule has 0 aliphatic rings. The van der Waals surface area contributed by atoms with Crippen LogP contribution in [0.2, 0.25) is 5.02 Å². The number of nitrogen functional groups attached to an aromatic ring is 1. The summed E-state index contributed by atoms with van der Waals surface area (Å²) in [6.07, 6.45) is 0. The minimum Gasteiger partial charge on any atom is -0.398 e. The lowest BCUT2D eigenvalue weighted by Crippen LogP contribution is -1.83. The van der Waals surface area contributed by atoms with E-state index in [1.54, 1.807) is 11.3 Å². The van der Waals surface area contributed by atoms with Crippen molar-refractivity contribution in [1.82, 2.24) is 0 Å². The zero-order valence-corrected chi connectivity index (χ0v) is 8.17. The zero-order chi connectivity index (χ0) is 8.72. The molecule has 3 heteroatoms. The average Bonchev–Trinajstić information content (AvgIpc) is 2.29. The molecule has 0 spiro atoms. The Morgan fingerprint density at radius 2 is 2.17 bits per heavy atom. The first-order valence-electron chi connectivity index (χ1n) is 3.63. The van der Waals surface area contributed by atoms with Gasteiger partial charge in [0.25, 0.3) is 0 Å². The lowest BCUT2D eigenvalue weighted by molar-refractivity contribution is 1.65. The van der Waals surface area contributed by atoms with Gasteiger partial charge in [-0.2, -0.15) is 0 Å². The van der Waals surface area contributed by atoms with Gasteiger partial charge in [0.2, 0.25) is 0 Å². The number of hydrogen-bond donors (Lipinski definition) is 1. The SMILES string of the molecule is Cc1sc2cccc(N)c2c1Cl. The number of halogens is 1. The van der Waals surface area contributed by atoms with Gasteiger partial charge in [-0.1, -0.05) is 17.7 Å². The first kappa shape index (κ1) is 7.90. The van der Waals surface area contributed by atoms with Crippen LogP contribution in [0.15, 0.2) is 18.2 Å². The van der Waals surface area contributed by atoms with Gasteiger partial charge in [-0.3, -0.25) is 0 Å². The molecule has 0 aliphatic carbocycles. The third-order valence-corrected chi connectivity index (χ3v) is 3.51. The third kappa shape index (κ3) is 0.993. The van der Waals surface area contributed by atoms with E-state index in [1.807, 2.05) is 25.1 Å². The van der Waals surface area contributed by atoms with Crippen molar-refractivity contribution in [2.45, 2.75) is 6.92 Å². The molecule has 1 nitrogen and oxygen atoms in total. The van der Waals surface area contributed by atoms with E-state index in [4.69, 9.17) is 17.3 Å². The number of aryl methyl sites for hydroxylation is 1. The molecule has 2 rings (SSSR count). The van der Waals surface area contributed by atoms with E-state index in [1.165, 1.54) is 0 Å². The predicted octanol–water partition coefficient (Wildman–Crippen LogP) is 3.45. The van der Waals surface area contributed by atoms with E-state index < -0.39 is 0 Å². The second-order valence-electron chi connectivity index (χ2n) is 2.69. The lowest BCUT2D eigenvalue weighted by Gasteiger charge is -1.94. The van der Waals surface area contributed by atoms with Crippen LogP contribution in [0.5, 0.6) is 0 Å². The van der Waals surface area contributed by atoms with Crippen LogP contribution in [0.1, 0.15) is 4.88 Å². The Balaban J connectivity index is 2.97. The fraction of sp³-hybridized carbons (Fsp3) is 0.111. The van der Waals surface area contributed by atoms with Crippen molar-refractivity contribution in [3.8, 4) is 0 Å². The molecule has 1 heterocycles. The maximum Gasteiger partial charge on any atom is 0.0641 e. The summed E-state index contributed by atoms with van der Waals surface area (Å²) in [7, 11) is 0. The monoisotopic (exact) mass is 197 g/mol. The van der Waals surface area contributed by atoms with Crippen LogP contribution >= 0.6 is 22.9 Å². The topological polar surface area (TPSA) is 26.0 Å². The zero-order valence-electron chi connectivity index (χ0n) is 6.60. The number of thiophene rings is 1. The number of benzene rings is 1. The second-order valence-corrected chi connectivity index (χ2v) is 4.33. The van der Waals surface area contributed by atoms with Crippen LogP contribution in [0.25, 0.3) is 10.1 Å². The molecule has 62 valence electrons. The molecule has 12 heavy (non-hydrogen) atoms. The molecule has 0 bridgehead atoms. The molecule has 0 saturated heterocycles. The minimum absolute atomic E-state index is 0.766. The fourth-order valence-electron chi connectivity index (χ4n) is 1.25. The Labute approximate surface area is 79.8 Å². The predicted molar refractivity (Wildman–Crippen MR) is 56.0 cm³/mol. The maximum atomic E-state index is 6.08. The van der Waals surface area contributed by atoms with Crippen molar-refractivity contribution < 1.29 is 0 Å². The van der Waals surface area contributed by atoms with E-state index in [0.29, 0.717) is 0 Å². The first-order chi connectivity index (χ1) is 5.70. The Bertz CT molecular complexity index is 433. The van der Waals surface area contributed by atoms with E-state index in [2.05, 4.69) is 0 Å². The molecule has 2 N–H and O–H groups in total. The number of fused-ring (bicyclic) bond motifs is 1. The van der Waals surface area contributed by atoms with Gasteiger partial charge in [-0.15, -0.1) is 11.3 Å². The molecule has 1 aromatic carbocycles. The first-order valence-corrected chi connectivity index (χ1v) is 4.82. The van der Waals surface area contributed by atoms with Gasteiger partial charge in [0, 0.05) is 20.7 Å². The second kappa shape index (κ2) is 2.64. The van der Waals surface area contributed by atoms with Gasteiger partial charge in [0.1, 0.15) is 0 Å². The lowest BCUT2D eigenvalue weighted by atomic mass is 10.2. The largest absolute Gasteiger partial charge is 0.398 e. The molecule has 0 unspecified atom stereocenters. The summed E-state index contributed by atoms with van der Waals surface area (Å²) < 4.78 is 1.16. The van der Waals surface area contributed by atoms with E-state index in [-0.39, 0.29) is 0 Å². The van der Waals surface area contributed by atoms with Crippen molar-refractivity contribution >= 4 is 38.7 Å². The maximum absolute atomic E-state index is 6.08. The third-order valence-electron chi connectivity index (χ3n) is 1.85. The van der Waals surface area contributed by atoms with Crippen molar-refractivity contribution in [2.24, 2.45) is 0 Å². The Morgan fingerprint density at radius 3 is 2.83 bits per heavy atom. The molecule has 0 saturated carbocycles. The van der Waals surface area contributed by atoms with Gasteiger partial charge >= 0.3 is 0 Å². The minimum atomic E-state index is 0.766. The van der Waals surface area contributed by atoms with Crippen LogP contribution in [0, 0.1) is 6.92 Å². The number of rotatable bonds is 0. The number of anilines is 1. The Kier molecular flexibility index (Phi) is 1.74. The summed E-state index contributed by atoms with van der Waals surface area (Å²) in [5.41, 5.74) is 6.56. The van der Waals surface area contributed by atoms with Crippen LogP contribution < -0.4 is 5.73 Å². The molecule has 0 aliphatic heterocycles. The summed E-state index contributed by atoms with van der Waals surface area (Å²) in [6.45, 7) is 2.01. The number of nitrogens with two attached hydrogens (primary N) is 1. The van der Waals surface area contributed by atoms with Gasteiger partial charge < -0.3 is 5.73 Å². The van der Waals surface area contributed by atoms with Crippen LogP contribution in [0.3, 0.4) is 0 Å². The van der Waals surface area contributed by atoms with Gasteiger partial charge in [-0.05, 0) is 19.1 Å². The normalized spacial score (nSPS) is 10.8. The summed E-state index contributed by atoms with van der Waals surface area (Å²) in [6, 6.07) is 5.86. The Hall–Kier alpha value is -0.730. The smallest absolute Gasteiger partial charge is 0.0641 e. The summed E-state index contributed by atoms with van der Waals surface area (Å²) in [5.74, 6) is 0. The van der Waals surface area contributed by atoms with Crippen molar-refractivity contribution in [3.05, 3.63) is 28.1 Å².